The number of phenols is 1. The number of guanidine groups is 1. The number of carbonyl (C=O) groups is 4. The zero-order chi connectivity index (χ0) is 28.1. The van der Waals surface area contributed by atoms with Gasteiger partial charge in [0.2, 0.25) is 17.7 Å². The monoisotopic (exact) mass is 531 g/mol. The quantitative estimate of drug-likeness (QED) is 0.0665. The van der Waals surface area contributed by atoms with E-state index in [0.29, 0.717) is 17.7 Å². The van der Waals surface area contributed by atoms with Gasteiger partial charge < -0.3 is 47.9 Å². The summed E-state index contributed by atoms with van der Waals surface area (Å²) in [5.41, 5.74) is 12.3. The number of aliphatic carboxylic acids is 1. The molecule has 38 heavy (non-hydrogen) atoms. The first kappa shape index (κ1) is 29.6. The van der Waals surface area contributed by atoms with Gasteiger partial charge >= 0.3 is 5.97 Å². The average Bonchev–Trinajstić information content (AvgIpc) is 3.38. The van der Waals surface area contributed by atoms with E-state index in [1.807, 2.05) is 0 Å². The van der Waals surface area contributed by atoms with E-state index in [2.05, 4.69) is 31.2 Å². The van der Waals surface area contributed by atoms with Crippen molar-refractivity contribution in [1.29, 1.82) is 5.41 Å². The van der Waals surface area contributed by atoms with E-state index < -0.39 is 48.4 Å². The number of carboxylic acid groups (broad SMARTS) is 1. The van der Waals surface area contributed by atoms with E-state index >= 15 is 0 Å². The fourth-order valence-corrected chi connectivity index (χ4v) is 3.40. The van der Waals surface area contributed by atoms with E-state index in [1.165, 1.54) is 30.6 Å². The van der Waals surface area contributed by atoms with Gasteiger partial charge in [0.15, 0.2) is 5.96 Å². The van der Waals surface area contributed by atoms with Crippen LogP contribution < -0.4 is 32.7 Å². The Morgan fingerprint density at radius 3 is 2.34 bits per heavy atom. The fraction of sp³-hybridized carbons (Fsp3) is 0.391. The fourth-order valence-electron chi connectivity index (χ4n) is 3.40. The Kier molecular flexibility index (Phi) is 11.5. The zero-order valence-electron chi connectivity index (χ0n) is 20.6. The number of H-pyrrole nitrogens is 1. The first-order valence-electron chi connectivity index (χ1n) is 11.7. The van der Waals surface area contributed by atoms with Crippen LogP contribution in [-0.4, -0.2) is 81.0 Å². The third kappa shape index (κ3) is 10.5. The Morgan fingerprint density at radius 1 is 1.03 bits per heavy atom. The number of rotatable bonds is 15. The molecule has 0 bridgehead atoms. The van der Waals surface area contributed by atoms with Crippen LogP contribution in [0.5, 0.6) is 5.75 Å². The summed E-state index contributed by atoms with van der Waals surface area (Å²) >= 11 is 0. The maximum Gasteiger partial charge on any atom is 0.326 e. The molecule has 0 aliphatic rings. The number of benzene rings is 1. The van der Waals surface area contributed by atoms with Crippen LogP contribution in [0.4, 0.5) is 0 Å². The third-order valence-electron chi connectivity index (χ3n) is 5.37. The van der Waals surface area contributed by atoms with E-state index in [4.69, 9.17) is 16.9 Å². The van der Waals surface area contributed by atoms with Crippen molar-refractivity contribution in [3.8, 4) is 5.75 Å². The van der Waals surface area contributed by atoms with Gasteiger partial charge in [-0.15, -0.1) is 0 Å². The smallest absolute Gasteiger partial charge is 0.326 e. The predicted octanol–water partition coefficient (Wildman–Crippen LogP) is -2.34. The van der Waals surface area contributed by atoms with Gasteiger partial charge in [0.1, 0.15) is 17.8 Å². The Balaban J connectivity index is 1.94. The molecule has 0 unspecified atom stereocenters. The van der Waals surface area contributed by atoms with Crippen molar-refractivity contribution in [1.82, 2.24) is 31.2 Å². The maximum atomic E-state index is 12.8. The van der Waals surface area contributed by atoms with Crippen LogP contribution in [0.1, 0.15) is 24.1 Å². The topological polar surface area (TPSA) is 261 Å². The molecule has 3 atom stereocenters. The molecule has 3 amide bonds. The number of nitrogens with one attached hydrogen (secondary N) is 6. The number of aromatic hydroxyl groups is 1. The highest BCUT2D eigenvalue weighted by Crippen LogP contribution is 2.11. The van der Waals surface area contributed by atoms with Crippen LogP contribution in [0.15, 0.2) is 36.8 Å². The number of carbonyl (C=O) groups excluding carboxylic acids is 3. The summed E-state index contributed by atoms with van der Waals surface area (Å²) in [5, 5.41) is 35.9. The van der Waals surface area contributed by atoms with Crippen molar-refractivity contribution in [3.05, 3.63) is 48.0 Å². The van der Waals surface area contributed by atoms with Crippen LogP contribution in [0.2, 0.25) is 0 Å². The highest BCUT2D eigenvalue weighted by atomic mass is 16.4. The average molecular weight is 532 g/mol. The molecule has 0 radical (unpaired) electrons. The third-order valence-corrected chi connectivity index (χ3v) is 5.37. The number of carboxylic acids is 1. The second kappa shape index (κ2) is 14.8. The van der Waals surface area contributed by atoms with E-state index in [0.717, 1.165) is 0 Å². The van der Waals surface area contributed by atoms with E-state index in [-0.39, 0.29) is 37.5 Å². The molecule has 2 rings (SSSR count). The highest BCUT2D eigenvalue weighted by Gasteiger charge is 2.25. The van der Waals surface area contributed by atoms with E-state index in [9.17, 15) is 29.4 Å². The van der Waals surface area contributed by atoms with Crippen molar-refractivity contribution in [2.75, 3.05) is 13.1 Å². The number of nitrogens with two attached hydrogens (primary N) is 2. The normalized spacial score (nSPS) is 13.0. The molecule has 0 spiro atoms. The van der Waals surface area contributed by atoms with Gasteiger partial charge in [-0.2, -0.15) is 0 Å². The summed E-state index contributed by atoms with van der Waals surface area (Å²) in [7, 11) is 0. The lowest BCUT2D eigenvalue weighted by atomic mass is 10.1. The Morgan fingerprint density at radius 2 is 1.74 bits per heavy atom. The number of amides is 3. The van der Waals surface area contributed by atoms with Crippen molar-refractivity contribution < 1.29 is 29.4 Å². The second-order valence-electron chi connectivity index (χ2n) is 8.46. The molecular formula is C23H33N9O6. The first-order valence-corrected chi connectivity index (χ1v) is 11.7. The van der Waals surface area contributed by atoms with Crippen LogP contribution in [0.25, 0.3) is 0 Å². The van der Waals surface area contributed by atoms with Crippen molar-refractivity contribution in [2.45, 2.75) is 43.8 Å². The first-order chi connectivity index (χ1) is 18.0. The standard InChI is InChI=1S/C23H33N9O6/c24-16(9-14-10-27-12-30-14)20(35)32-17(2-1-7-28-23(25)26)21(36)29-11-19(34)31-18(22(37)38)8-13-3-5-15(33)6-4-13/h3-6,10,12,16-18,33H,1-2,7-9,11,24H2,(H,27,30)(H,29,36)(H,31,34)(H,32,35)(H,37,38)(H4,25,26,28)/t16-,17-,18-/m0/s1. The van der Waals surface area contributed by atoms with Gasteiger partial charge in [0, 0.05) is 25.6 Å². The Labute approximate surface area is 218 Å². The zero-order valence-corrected chi connectivity index (χ0v) is 20.6. The van der Waals surface area contributed by atoms with Crippen LogP contribution in [0.3, 0.4) is 0 Å². The lowest BCUT2D eigenvalue weighted by Crippen LogP contribution is -2.54. The minimum absolute atomic E-state index is 0.0215. The molecule has 1 heterocycles. The van der Waals surface area contributed by atoms with Crippen LogP contribution in [0, 0.1) is 5.41 Å². The summed E-state index contributed by atoms with van der Waals surface area (Å²) < 4.78 is 0. The summed E-state index contributed by atoms with van der Waals surface area (Å²) in [6, 6.07) is 2.56. The van der Waals surface area contributed by atoms with Crippen molar-refractivity contribution >= 4 is 29.7 Å². The second-order valence-corrected chi connectivity index (χ2v) is 8.46. The molecule has 15 heteroatoms. The van der Waals surface area contributed by atoms with Gasteiger partial charge in [-0.1, -0.05) is 12.1 Å². The van der Waals surface area contributed by atoms with Crippen LogP contribution in [-0.2, 0) is 32.0 Å². The van der Waals surface area contributed by atoms with Gasteiger partial charge in [-0.3, -0.25) is 19.8 Å². The van der Waals surface area contributed by atoms with Gasteiger partial charge in [-0.25, -0.2) is 9.78 Å². The van der Waals surface area contributed by atoms with Crippen LogP contribution >= 0.6 is 0 Å². The van der Waals surface area contributed by atoms with Gasteiger partial charge in [0.25, 0.3) is 0 Å². The minimum Gasteiger partial charge on any atom is -0.508 e. The molecule has 0 fully saturated rings. The summed E-state index contributed by atoms with van der Waals surface area (Å²) in [5.74, 6) is -3.51. The molecule has 1 aromatic heterocycles. The number of aromatic nitrogens is 2. The van der Waals surface area contributed by atoms with Gasteiger partial charge in [-0.05, 0) is 30.5 Å². The SMILES string of the molecule is N=C(N)NCCC[C@H](NC(=O)[C@@H](N)Cc1c[nH]cn1)C(=O)NCC(=O)N[C@@H](Cc1ccc(O)cc1)C(=O)O. The summed E-state index contributed by atoms with van der Waals surface area (Å²) in [4.78, 5) is 56.1. The molecule has 2 aromatic rings. The number of nitrogens with zero attached hydrogens (tertiary/aromatic N) is 1. The lowest BCUT2D eigenvalue weighted by molar-refractivity contribution is -0.141. The number of imidazole rings is 1. The molecule has 0 aliphatic heterocycles. The summed E-state index contributed by atoms with van der Waals surface area (Å²) in [6.07, 6.45) is 3.64. The summed E-state index contributed by atoms with van der Waals surface area (Å²) in [6.45, 7) is -0.262. The number of hydrogen-bond acceptors (Lipinski definition) is 8. The maximum absolute atomic E-state index is 12.8. The molecule has 1 aromatic carbocycles. The lowest BCUT2D eigenvalue weighted by Gasteiger charge is -2.21. The van der Waals surface area contributed by atoms with Crippen molar-refractivity contribution in [2.24, 2.45) is 11.5 Å². The highest BCUT2D eigenvalue weighted by molar-refractivity contribution is 5.92. The molecular weight excluding hydrogens is 498 g/mol. The van der Waals surface area contributed by atoms with Gasteiger partial charge in [0.05, 0.1) is 24.6 Å². The molecule has 12 N–H and O–H groups in total. The predicted molar refractivity (Wildman–Crippen MR) is 136 cm³/mol. The Bertz CT molecular complexity index is 1090. The molecule has 0 saturated carbocycles. The largest absolute Gasteiger partial charge is 0.508 e. The van der Waals surface area contributed by atoms with Crippen molar-refractivity contribution in [3.63, 3.8) is 0 Å². The number of hydrogen-bond donors (Lipinski definition) is 10. The van der Waals surface area contributed by atoms with E-state index in [1.54, 1.807) is 6.20 Å². The molecule has 206 valence electrons. The minimum atomic E-state index is -1.27. The molecule has 15 nitrogen and oxygen atoms in total. The number of aromatic amines is 1. The number of phenolic OH excluding ortho intramolecular Hbond substituents is 1. The molecule has 0 saturated heterocycles. The molecule has 0 aliphatic carbocycles. The Hall–Kier alpha value is -4.66.